The zero-order chi connectivity index (χ0) is 20.7. The number of allylic oxidation sites excluding steroid dienone is 1. The van der Waals surface area contributed by atoms with E-state index in [2.05, 4.69) is 51.4 Å². The molecule has 1 unspecified atom stereocenters. The van der Waals surface area contributed by atoms with E-state index in [0.29, 0.717) is 5.82 Å². The summed E-state index contributed by atoms with van der Waals surface area (Å²) in [5.41, 5.74) is 20.3. The van der Waals surface area contributed by atoms with Crippen molar-refractivity contribution in [3.8, 4) is 11.1 Å². The first kappa shape index (κ1) is 18.8. The van der Waals surface area contributed by atoms with Gasteiger partial charge in [-0.25, -0.2) is 4.98 Å². The molecule has 2 aliphatic rings. The fourth-order valence-corrected chi connectivity index (χ4v) is 4.24. The number of hydrogen-bond donors (Lipinski definition) is 4. The molecule has 3 aromatic rings. The maximum absolute atomic E-state index is 6.07. The van der Waals surface area contributed by atoms with E-state index >= 15 is 0 Å². The first-order chi connectivity index (χ1) is 14.6. The summed E-state index contributed by atoms with van der Waals surface area (Å²) in [6.07, 6.45) is 2.76. The van der Waals surface area contributed by atoms with Gasteiger partial charge in [-0.3, -0.25) is 5.01 Å². The third-order valence-corrected chi connectivity index (χ3v) is 5.88. The number of rotatable bonds is 3. The van der Waals surface area contributed by atoms with Crippen molar-refractivity contribution in [3.05, 3.63) is 82.6 Å². The number of halogens is 1. The van der Waals surface area contributed by atoms with E-state index in [0.717, 1.165) is 40.5 Å². The molecule has 0 bridgehead atoms. The molecule has 0 aliphatic carbocycles. The van der Waals surface area contributed by atoms with E-state index in [1.165, 1.54) is 16.8 Å². The molecular formula is C23H23ClN6. The van der Waals surface area contributed by atoms with Gasteiger partial charge in [0.15, 0.2) is 0 Å². The second-order valence-electron chi connectivity index (χ2n) is 7.63. The van der Waals surface area contributed by atoms with Crippen molar-refractivity contribution >= 4 is 28.8 Å². The number of fused-ring (bicyclic) bond motifs is 3. The molecule has 0 fully saturated rings. The van der Waals surface area contributed by atoms with Crippen LogP contribution in [0.5, 0.6) is 0 Å². The van der Waals surface area contributed by atoms with Gasteiger partial charge in [-0.15, -0.1) is 5.53 Å². The number of benzene rings is 2. The van der Waals surface area contributed by atoms with Crippen molar-refractivity contribution in [3.63, 3.8) is 0 Å². The highest BCUT2D eigenvalue weighted by Crippen LogP contribution is 2.39. The summed E-state index contributed by atoms with van der Waals surface area (Å²) >= 11 is 6.07. The number of nitrogens with one attached hydrogen (secondary N) is 3. The molecule has 0 spiro atoms. The first-order valence-corrected chi connectivity index (χ1v) is 10.3. The van der Waals surface area contributed by atoms with Crippen LogP contribution >= 0.6 is 11.6 Å². The normalized spacial score (nSPS) is 17.8. The van der Waals surface area contributed by atoms with Crippen molar-refractivity contribution in [1.29, 1.82) is 0 Å². The Kier molecular flexibility index (Phi) is 4.73. The van der Waals surface area contributed by atoms with Gasteiger partial charge in [0, 0.05) is 34.6 Å². The maximum Gasteiger partial charge on any atom is 0.123 e. The van der Waals surface area contributed by atoms with Gasteiger partial charge in [0.05, 0.1) is 17.4 Å². The third kappa shape index (κ3) is 3.44. The average molecular weight is 419 g/mol. The summed E-state index contributed by atoms with van der Waals surface area (Å²) in [4.78, 5) is 4.26. The summed E-state index contributed by atoms with van der Waals surface area (Å²) in [6, 6.07) is 18.5. The first-order valence-electron chi connectivity index (χ1n) is 9.97. The lowest BCUT2D eigenvalue weighted by Gasteiger charge is -2.21. The number of pyridine rings is 1. The van der Waals surface area contributed by atoms with Crippen molar-refractivity contribution in [2.75, 3.05) is 17.6 Å². The van der Waals surface area contributed by atoms with Crippen LogP contribution in [0.15, 0.2) is 66.5 Å². The molecule has 5 N–H and O–H groups in total. The SMILES string of the molecule is CC1=C2c3ccc(-c4ccc(N)nc4)cc3C(Nc3ccc(Cl)cc3)CCN2NN1. The highest BCUT2D eigenvalue weighted by molar-refractivity contribution is 6.30. The monoisotopic (exact) mass is 418 g/mol. The minimum absolute atomic E-state index is 0.149. The summed E-state index contributed by atoms with van der Waals surface area (Å²) in [6.45, 7) is 2.97. The molecule has 0 radical (unpaired) electrons. The van der Waals surface area contributed by atoms with Crippen LogP contribution in [-0.2, 0) is 0 Å². The predicted molar refractivity (Wildman–Crippen MR) is 122 cm³/mol. The molecule has 152 valence electrons. The molecule has 3 heterocycles. The minimum Gasteiger partial charge on any atom is -0.384 e. The molecule has 6 nitrogen and oxygen atoms in total. The molecule has 1 aromatic heterocycles. The smallest absolute Gasteiger partial charge is 0.123 e. The van der Waals surface area contributed by atoms with Crippen molar-refractivity contribution in [2.24, 2.45) is 0 Å². The van der Waals surface area contributed by atoms with Crippen LogP contribution in [0, 0.1) is 0 Å². The molecule has 0 saturated carbocycles. The van der Waals surface area contributed by atoms with E-state index in [9.17, 15) is 0 Å². The van der Waals surface area contributed by atoms with Gasteiger partial charge < -0.3 is 16.5 Å². The number of hydrogen-bond acceptors (Lipinski definition) is 6. The minimum atomic E-state index is 0.149. The topological polar surface area (TPSA) is 78.2 Å². The van der Waals surface area contributed by atoms with E-state index < -0.39 is 0 Å². The molecule has 0 amide bonds. The molecule has 30 heavy (non-hydrogen) atoms. The highest BCUT2D eigenvalue weighted by Gasteiger charge is 2.30. The van der Waals surface area contributed by atoms with Crippen molar-refractivity contribution in [1.82, 2.24) is 21.0 Å². The molecule has 7 heteroatoms. The molecule has 2 aromatic carbocycles. The second kappa shape index (κ2) is 7.55. The molecule has 5 rings (SSSR count). The highest BCUT2D eigenvalue weighted by atomic mass is 35.5. The number of hydrazine groups is 2. The van der Waals surface area contributed by atoms with Crippen molar-refractivity contribution < 1.29 is 0 Å². The molecule has 2 aliphatic heterocycles. The lowest BCUT2D eigenvalue weighted by molar-refractivity contribution is 0.281. The van der Waals surface area contributed by atoms with Gasteiger partial charge in [-0.2, -0.15) is 0 Å². The Balaban J connectivity index is 1.60. The molecule has 1 atom stereocenters. The Morgan fingerprint density at radius 1 is 1.10 bits per heavy atom. The number of nitrogens with two attached hydrogens (primary N) is 1. The van der Waals surface area contributed by atoms with Crippen LogP contribution in [0.2, 0.25) is 5.02 Å². The summed E-state index contributed by atoms with van der Waals surface area (Å²) < 4.78 is 0. The lowest BCUT2D eigenvalue weighted by atomic mass is 9.93. The van der Waals surface area contributed by atoms with Crippen LogP contribution in [-0.4, -0.2) is 16.5 Å². The number of nitrogens with zero attached hydrogens (tertiary/aromatic N) is 2. The van der Waals surface area contributed by atoms with Gasteiger partial charge in [0.25, 0.3) is 0 Å². The van der Waals surface area contributed by atoms with Gasteiger partial charge in [-0.05, 0) is 66.9 Å². The number of nitrogen functional groups attached to an aromatic ring is 1. The van der Waals surface area contributed by atoms with E-state index in [1.54, 1.807) is 0 Å². The largest absolute Gasteiger partial charge is 0.384 e. The van der Waals surface area contributed by atoms with Gasteiger partial charge >= 0.3 is 0 Å². The zero-order valence-corrected chi connectivity index (χ0v) is 17.4. The summed E-state index contributed by atoms with van der Waals surface area (Å²) in [7, 11) is 0. The van der Waals surface area contributed by atoms with Crippen LogP contribution in [0.1, 0.15) is 30.5 Å². The van der Waals surface area contributed by atoms with Crippen LogP contribution in [0.4, 0.5) is 11.5 Å². The Morgan fingerprint density at radius 3 is 2.67 bits per heavy atom. The number of aromatic nitrogens is 1. The second-order valence-corrected chi connectivity index (χ2v) is 8.06. The Hall–Kier alpha value is -3.22. The fourth-order valence-electron chi connectivity index (χ4n) is 4.12. The lowest BCUT2D eigenvalue weighted by Crippen LogP contribution is -2.37. The van der Waals surface area contributed by atoms with E-state index in [1.807, 2.05) is 42.6 Å². The standard InChI is InChI=1S/C23H23ClN6/c1-14-23-19-8-2-15(16-3-9-22(25)26-13-16)12-20(19)21(10-11-30(23)29-28-14)27-18-6-4-17(24)5-7-18/h2-9,12-13,21,27-29H,10-11H2,1H3,(H2,25,26). The quantitative estimate of drug-likeness (QED) is 0.499. The maximum atomic E-state index is 6.07. The van der Waals surface area contributed by atoms with E-state index in [4.69, 9.17) is 17.3 Å². The molecular weight excluding hydrogens is 396 g/mol. The van der Waals surface area contributed by atoms with Crippen LogP contribution in [0.25, 0.3) is 16.8 Å². The third-order valence-electron chi connectivity index (χ3n) is 5.63. The van der Waals surface area contributed by atoms with Crippen molar-refractivity contribution in [2.45, 2.75) is 19.4 Å². The average Bonchev–Trinajstić information content (AvgIpc) is 3.05. The summed E-state index contributed by atoms with van der Waals surface area (Å²) in [5, 5.41) is 6.62. The molecule has 0 saturated heterocycles. The van der Waals surface area contributed by atoms with Crippen LogP contribution in [0.3, 0.4) is 0 Å². The van der Waals surface area contributed by atoms with Gasteiger partial charge in [-0.1, -0.05) is 23.7 Å². The van der Waals surface area contributed by atoms with Crippen LogP contribution < -0.4 is 22.0 Å². The van der Waals surface area contributed by atoms with Gasteiger partial charge in [0.1, 0.15) is 5.82 Å². The van der Waals surface area contributed by atoms with E-state index in [-0.39, 0.29) is 6.04 Å². The Bertz CT molecular complexity index is 1110. The predicted octanol–water partition coefficient (Wildman–Crippen LogP) is 4.55. The fraction of sp³-hybridized carbons (Fsp3) is 0.174. The Morgan fingerprint density at radius 2 is 1.90 bits per heavy atom. The zero-order valence-electron chi connectivity index (χ0n) is 16.6. The Labute approximate surface area is 180 Å². The summed E-state index contributed by atoms with van der Waals surface area (Å²) in [5.74, 6) is 0.523. The van der Waals surface area contributed by atoms with Gasteiger partial charge in [0.2, 0.25) is 0 Å². The number of anilines is 2.